The van der Waals surface area contributed by atoms with Crippen LogP contribution in [0.25, 0.3) is 5.69 Å². The minimum atomic E-state index is -0.324. The molecule has 2 rings (SSSR count). The average Bonchev–Trinajstić information content (AvgIpc) is 2.65. The van der Waals surface area contributed by atoms with Gasteiger partial charge in [0.2, 0.25) is 0 Å². The second-order valence-corrected chi connectivity index (χ2v) is 4.36. The van der Waals surface area contributed by atoms with Crippen LogP contribution in [0.3, 0.4) is 0 Å². The number of hydrogen-bond donors (Lipinski definition) is 0. The molecule has 0 saturated heterocycles. The fraction of sp³-hybridized carbons (Fsp3) is 0.200. The Hall–Kier alpha value is -2.41. The molecule has 0 bridgehead atoms. The van der Waals surface area contributed by atoms with Gasteiger partial charge in [0, 0.05) is 22.6 Å². The first-order chi connectivity index (χ1) is 9.04. The first-order valence-corrected chi connectivity index (χ1v) is 5.89. The number of rotatable bonds is 3. The van der Waals surface area contributed by atoms with E-state index in [4.69, 9.17) is 5.26 Å². The molecule has 96 valence electrons. The van der Waals surface area contributed by atoms with E-state index in [1.165, 1.54) is 12.1 Å². The number of nitriles is 1. The molecule has 0 spiro atoms. The summed E-state index contributed by atoms with van der Waals surface area (Å²) >= 11 is 0. The maximum absolute atomic E-state index is 13.3. The number of aromatic nitrogens is 1. The molecule has 0 aliphatic carbocycles. The highest BCUT2D eigenvalue weighted by Gasteiger charge is 2.16. The topological polar surface area (TPSA) is 45.8 Å². The molecule has 0 fully saturated rings. The van der Waals surface area contributed by atoms with Crippen molar-refractivity contribution in [1.29, 1.82) is 5.26 Å². The van der Waals surface area contributed by atoms with Crippen LogP contribution in [-0.4, -0.2) is 10.4 Å². The van der Waals surface area contributed by atoms with Crippen LogP contribution < -0.4 is 0 Å². The van der Waals surface area contributed by atoms with Gasteiger partial charge in [-0.2, -0.15) is 5.26 Å². The number of carbonyl (C=O) groups is 1. The Morgan fingerprint density at radius 3 is 2.74 bits per heavy atom. The summed E-state index contributed by atoms with van der Waals surface area (Å²) in [6, 6.07) is 9.78. The van der Waals surface area contributed by atoms with Gasteiger partial charge in [-0.25, -0.2) is 4.39 Å². The number of aryl methyl sites for hydroxylation is 1. The molecule has 1 heterocycles. The van der Waals surface area contributed by atoms with Gasteiger partial charge in [-0.15, -0.1) is 0 Å². The van der Waals surface area contributed by atoms with Gasteiger partial charge in [-0.05, 0) is 38.1 Å². The predicted molar refractivity (Wildman–Crippen MR) is 69.8 cm³/mol. The van der Waals surface area contributed by atoms with Crippen LogP contribution in [0.5, 0.6) is 0 Å². The van der Waals surface area contributed by atoms with Crippen LogP contribution >= 0.6 is 0 Å². The van der Waals surface area contributed by atoms with E-state index in [0.717, 1.165) is 11.4 Å². The van der Waals surface area contributed by atoms with Gasteiger partial charge in [-0.1, -0.05) is 6.07 Å². The van der Waals surface area contributed by atoms with Crippen molar-refractivity contribution in [2.45, 2.75) is 20.3 Å². The molecule has 1 aromatic heterocycles. The third kappa shape index (κ3) is 2.41. The largest absolute Gasteiger partial charge is 0.318 e. The molecule has 3 nitrogen and oxygen atoms in total. The monoisotopic (exact) mass is 256 g/mol. The Bertz CT molecular complexity index is 680. The first-order valence-electron chi connectivity index (χ1n) is 5.89. The zero-order valence-corrected chi connectivity index (χ0v) is 10.8. The minimum absolute atomic E-state index is 0.145. The second kappa shape index (κ2) is 5.07. The molecule has 0 aliphatic rings. The quantitative estimate of drug-likeness (QED) is 0.791. The lowest BCUT2D eigenvalue weighted by molar-refractivity contribution is 0.0997. The van der Waals surface area contributed by atoms with Crippen molar-refractivity contribution in [1.82, 2.24) is 4.57 Å². The standard InChI is InChI=1S/C15H13FN2O/c1-10-8-14(15(19)6-7-17)11(2)18(10)13-5-3-4-12(16)9-13/h3-5,8-9H,6H2,1-2H3. The van der Waals surface area contributed by atoms with Gasteiger partial charge in [0.05, 0.1) is 12.5 Å². The molecule has 4 heteroatoms. The van der Waals surface area contributed by atoms with Crippen LogP contribution in [0, 0.1) is 31.0 Å². The van der Waals surface area contributed by atoms with E-state index in [1.54, 1.807) is 25.1 Å². The van der Waals surface area contributed by atoms with E-state index in [2.05, 4.69) is 0 Å². The summed E-state index contributed by atoms with van der Waals surface area (Å²) in [6.45, 7) is 3.64. The Balaban J connectivity index is 2.54. The smallest absolute Gasteiger partial charge is 0.178 e. The summed E-state index contributed by atoms with van der Waals surface area (Å²) in [5.74, 6) is -0.534. The lowest BCUT2D eigenvalue weighted by Crippen LogP contribution is -2.03. The van der Waals surface area contributed by atoms with Gasteiger partial charge in [0.1, 0.15) is 5.82 Å². The zero-order valence-electron chi connectivity index (χ0n) is 10.8. The van der Waals surface area contributed by atoms with Crippen LogP contribution in [-0.2, 0) is 0 Å². The van der Waals surface area contributed by atoms with Crippen molar-refractivity contribution in [3.05, 3.63) is 53.1 Å². The van der Waals surface area contributed by atoms with Crippen molar-refractivity contribution >= 4 is 5.78 Å². The predicted octanol–water partition coefficient (Wildman–Crippen LogP) is 3.33. The highest BCUT2D eigenvalue weighted by atomic mass is 19.1. The van der Waals surface area contributed by atoms with Gasteiger partial charge >= 0.3 is 0 Å². The van der Waals surface area contributed by atoms with E-state index in [9.17, 15) is 9.18 Å². The lowest BCUT2D eigenvalue weighted by Gasteiger charge is -2.09. The van der Waals surface area contributed by atoms with Gasteiger partial charge in [0.25, 0.3) is 0 Å². The van der Waals surface area contributed by atoms with Crippen molar-refractivity contribution in [3.63, 3.8) is 0 Å². The molecular weight excluding hydrogens is 243 g/mol. The number of halogens is 1. The highest BCUT2D eigenvalue weighted by Crippen LogP contribution is 2.22. The molecule has 0 N–H and O–H groups in total. The summed E-state index contributed by atoms with van der Waals surface area (Å²) in [4.78, 5) is 11.8. The normalized spacial score (nSPS) is 10.2. The lowest BCUT2D eigenvalue weighted by atomic mass is 10.1. The third-order valence-corrected chi connectivity index (χ3v) is 3.04. The molecule has 0 atom stereocenters. The fourth-order valence-electron chi connectivity index (χ4n) is 2.22. The molecule has 0 unspecified atom stereocenters. The van der Waals surface area contributed by atoms with Crippen molar-refractivity contribution in [2.75, 3.05) is 0 Å². The molecule has 19 heavy (non-hydrogen) atoms. The van der Waals surface area contributed by atoms with Crippen molar-refractivity contribution in [3.8, 4) is 11.8 Å². The minimum Gasteiger partial charge on any atom is -0.318 e. The number of Topliss-reactive ketones (excluding diaryl/α,β-unsaturated/α-hetero) is 1. The number of nitrogens with zero attached hydrogens (tertiary/aromatic N) is 2. The number of carbonyl (C=O) groups excluding carboxylic acids is 1. The average molecular weight is 256 g/mol. The molecule has 0 saturated carbocycles. The van der Waals surface area contributed by atoms with Crippen molar-refractivity contribution in [2.24, 2.45) is 0 Å². The molecule has 0 amide bonds. The Morgan fingerprint density at radius 1 is 1.37 bits per heavy atom. The highest BCUT2D eigenvalue weighted by molar-refractivity contribution is 5.98. The maximum Gasteiger partial charge on any atom is 0.178 e. The maximum atomic E-state index is 13.3. The summed E-state index contributed by atoms with van der Waals surface area (Å²) in [7, 11) is 0. The Kier molecular flexibility index (Phi) is 3.48. The van der Waals surface area contributed by atoms with E-state index in [1.807, 2.05) is 17.6 Å². The molecule has 1 aromatic carbocycles. The molecule has 0 aliphatic heterocycles. The third-order valence-electron chi connectivity index (χ3n) is 3.04. The van der Waals surface area contributed by atoms with Crippen LogP contribution in [0.1, 0.15) is 28.2 Å². The number of benzene rings is 1. The summed E-state index contributed by atoms with van der Waals surface area (Å²) in [5.41, 5.74) is 2.75. The number of hydrogen-bond acceptors (Lipinski definition) is 2. The molecule has 2 aromatic rings. The van der Waals surface area contributed by atoms with Gasteiger partial charge < -0.3 is 4.57 Å². The second-order valence-electron chi connectivity index (χ2n) is 4.36. The summed E-state index contributed by atoms with van der Waals surface area (Å²) in [5, 5.41) is 8.59. The van der Waals surface area contributed by atoms with Crippen LogP contribution in [0.2, 0.25) is 0 Å². The van der Waals surface area contributed by atoms with Gasteiger partial charge in [-0.3, -0.25) is 4.79 Å². The van der Waals surface area contributed by atoms with E-state index >= 15 is 0 Å². The Labute approximate surface area is 110 Å². The summed E-state index contributed by atoms with van der Waals surface area (Å²) < 4.78 is 15.1. The Morgan fingerprint density at radius 2 is 2.11 bits per heavy atom. The molecule has 0 radical (unpaired) electrons. The van der Waals surface area contributed by atoms with E-state index in [0.29, 0.717) is 11.3 Å². The van der Waals surface area contributed by atoms with E-state index in [-0.39, 0.29) is 18.0 Å². The SMILES string of the molecule is Cc1cc(C(=O)CC#N)c(C)n1-c1cccc(F)c1. The zero-order chi connectivity index (χ0) is 14.0. The van der Waals surface area contributed by atoms with Crippen LogP contribution in [0.15, 0.2) is 30.3 Å². The van der Waals surface area contributed by atoms with Crippen LogP contribution in [0.4, 0.5) is 4.39 Å². The number of ketones is 1. The first kappa shape index (κ1) is 13.0. The van der Waals surface area contributed by atoms with Crippen molar-refractivity contribution < 1.29 is 9.18 Å². The fourth-order valence-corrected chi connectivity index (χ4v) is 2.22. The summed E-state index contributed by atoms with van der Waals surface area (Å²) in [6.07, 6.45) is -0.145. The molecular formula is C15H13FN2O. The van der Waals surface area contributed by atoms with Gasteiger partial charge in [0.15, 0.2) is 5.78 Å². The van der Waals surface area contributed by atoms with E-state index < -0.39 is 0 Å².